The Morgan fingerprint density at radius 1 is 1.38 bits per heavy atom. The largest absolute Gasteiger partial charge is 0.459 e. The van der Waals surface area contributed by atoms with Gasteiger partial charge in [0.2, 0.25) is 0 Å². The van der Waals surface area contributed by atoms with E-state index < -0.39 is 0 Å². The van der Waals surface area contributed by atoms with Gasteiger partial charge in [0.25, 0.3) is 0 Å². The Bertz CT molecular complexity index is 538. The van der Waals surface area contributed by atoms with Crippen molar-refractivity contribution in [3.8, 4) is 0 Å². The first kappa shape index (κ1) is 14.6. The van der Waals surface area contributed by atoms with Crippen molar-refractivity contribution >= 4 is 11.0 Å². The summed E-state index contributed by atoms with van der Waals surface area (Å²) in [6.07, 6.45) is 3.75. The SMILES string of the molecule is CCCN(C1CCCNC1)C(C)c1cc2ccccc2o1. The molecule has 1 N–H and O–H groups in total. The van der Waals surface area contributed by atoms with Gasteiger partial charge in [-0.1, -0.05) is 25.1 Å². The standard InChI is InChI=1S/C18H26N2O/c1-3-11-20(16-8-6-10-19-13-16)14(2)18-12-15-7-4-5-9-17(15)21-18/h4-5,7,9,12,14,16,19H,3,6,8,10-11,13H2,1-2H3. The number of furan rings is 1. The van der Waals surface area contributed by atoms with Gasteiger partial charge >= 0.3 is 0 Å². The number of nitrogens with one attached hydrogen (secondary N) is 1. The van der Waals surface area contributed by atoms with Crippen LogP contribution in [0.25, 0.3) is 11.0 Å². The van der Waals surface area contributed by atoms with E-state index in [0.29, 0.717) is 12.1 Å². The van der Waals surface area contributed by atoms with Crippen LogP contribution in [0.2, 0.25) is 0 Å². The van der Waals surface area contributed by atoms with Crippen LogP contribution < -0.4 is 5.32 Å². The number of rotatable bonds is 5. The van der Waals surface area contributed by atoms with Crippen molar-refractivity contribution in [2.45, 2.75) is 45.2 Å². The minimum atomic E-state index is 0.335. The summed E-state index contributed by atoms with van der Waals surface area (Å²) in [5, 5.41) is 4.74. The van der Waals surface area contributed by atoms with Crippen LogP contribution >= 0.6 is 0 Å². The fourth-order valence-corrected chi connectivity index (χ4v) is 3.44. The van der Waals surface area contributed by atoms with Gasteiger partial charge in [-0.15, -0.1) is 0 Å². The molecule has 1 aliphatic heterocycles. The second kappa shape index (κ2) is 6.63. The van der Waals surface area contributed by atoms with E-state index in [1.165, 1.54) is 24.6 Å². The van der Waals surface area contributed by atoms with Crippen LogP contribution in [0.5, 0.6) is 0 Å². The lowest BCUT2D eigenvalue weighted by Crippen LogP contribution is -2.47. The van der Waals surface area contributed by atoms with Crippen LogP contribution in [0.15, 0.2) is 34.7 Å². The average molecular weight is 286 g/mol. The number of hydrogen-bond acceptors (Lipinski definition) is 3. The third kappa shape index (κ3) is 3.14. The molecule has 1 aromatic carbocycles. The number of fused-ring (bicyclic) bond motifs is 1. The first-order valence-electron chi connectivity index (χ1n) is 8.24. The zero-order valence-electron chi connectivity index (χ0n) is 13.1. The summed E-state index contributed by atoms with van der Waals surface area (Å²) < 4.78 is 6.09. The summed E-state index contributed by atoms with van der Waals surface area (Å²) in [6, 6.07) is 11.5. The van der Waals surface area contributed by atoms with Crippen LogP contribution in [0, 0.1) is 0 Å². The molecule has 1 aromatic heterocycles. The zero-order chi connectivity index (χ0) is 14.7. The van der Waals surface area contributed by atoms with Crippen LogP contribution in [-0.2, 0) is 0 Å². The van der Waals surface area contributed by atoms with Crippen molar-refractivity contribution in [3.05, 3.63) is 36.1 Å². The molecule has 3 heteroatoms. The fraction of sp³-hybridized carbons (Fsp3) is 0.556. The lowest BCUT2D eigenvalue weighted by Gasteiger charge is -2.37. The highest BCUT2D eigenvalue weighted by Crippen LogP contribution is 2.30. The van der Waals surface area contributed by atoms with Gasteiger partial charge in [-0.3, -0.25) is 4.90 Å². The van der Waals surface area contributed by atoms with Crippen LogP contribution in [0.3, 0.4) is 0 Å². The lowest BCUT2D eigenvalue weighted by atomic mass is 10.0. The van der Waals surface area contributed by atoms with Gasteiger partial charge in [-0.25, -0.2) is 0 Å². The van der Waals surface area contributed by atoms with Crippen molar-refractivity contribution in [2.75, 3.05) is 19.6 Å². The first-order valence-corrected chi connectivity index (χ1v) is 8.24. The summed E-state index contributed by atoms with van der Waals surface area (Å²) in [7, 11) is 0. The molecule has 114 valence electrons. The summed E-state index contributed by atoms with van der Waals surface area (Å²) in [4.78, 5) is 2.61. The normalized spacial score (nSPS) is 21.0. The smallest absolute Gasteiger partial charge is 0.134 e. The van der Waals surface area contributed by atoms with E-state index in [1.54, 1.807) is 0 Å². The zero-order valence-corrected chi connectivity index (χ0v) is 13.1. The van der Waals surface area contributed by atoms with Gasteiger partial charge in [0, 0.05) is 18.0 Å². The van der Waals surface area contributed by atoms with E-state index in [2.05, 4.69) is 48.3 Å². The van der Waals surface area contributed by atoms with E-state index in [0.717, 1.165) is 31.0 Å². The Balaban J connectivity index is 1.83. The second-order valence-corrected chi connectivity index (χ2v) is 6.10. The maximum Gasteiger partial charge on any atom is 0.134 e. The highest BCUT2D eigenvalue weighted by atomic mass is 16.3. The second-order valence-electron chi connectivity index (χ2n) is 6.10. The molecule has 2 unspecified atom stereocenters. The quantitative estimate of drug-likeness (QED) is 0.902. The van der Waals surface area contributed by atoms with E-state index in [-0.39, 0.29) is 0 Å². The highest BCUT2D eigenvalue weighted by Gasteiger charge is 2.27. The average Bonchev–Trinajstić information content (AvgIpc) is 2.97. The molecule has 0 bridgehead atoms. The Morgan fingerprint density at radius 3 is 2.95 bits per heavy atom. The number of para-hydroxylation sites is 1. The van der Waals surface area contributed by atoms with Gasteiger partial charge in [0.1, 0.15) is 11.3 Å². The molecule has 3 nitrogen and oxygen atoms in total. The minimum absolute atomic E-state index is 0.335. The number of piperidine rings is 1. The Morgan fingerprint density at radius 2 is 2.24 bits per heavy atom. The molecule has 1 aliphatic rings. The Labute approximate surface area is 127 Å². The molecule has 2 aromatic rings. The van der Waals surface area contributed by atoms with E-state index in [9.17, 15) is 0 Å². The molecule has 2 atom stereocenters. The summed E-state index contributed by atoms with van der Waals surface area (Å²) in [5.74, 6) is 1.09. The third-order valence-corrected chi connectivity index (χ3v) is 4.58. The number of nitrogens with zero attached hydrogens (tertiary/aromatic N) is 1. The van der Waals surface area contributed by atoms with Crippen molar-refractivity contribution in [3.63, 3.8) is 0 Å². The number of benzene rings is 1. The molecule has 0 saturated carbocycles. The van der Waals surface area contributed by atoms with Gasteiger partial charge in [-0.05, 0) is 51.4 Å². The molecule has 0 amide bonds. The van der Waals surface area contributed by atoms with Gasteiger partial charge in [-0.2, -0.15) is 0 Å². The molecule has 21 heavy (non-hydrogen) atoms. The van der Waals surface area contributed by atoms with E-state index in [4.69, 9.17) is 4.42 Å². The molecule has 2 heterocycles. The van der Waals surface area contributed by atoms with Crippen molar-refractivity contribution in [1.82, 2.24) is 10.2 Å². The topological polar surface area (TPSA) is 28.4 Å². The van der Waals surface area contributed by atoms with Gasteiger partial charge in [0.15, 0.2) is 0 Å². The molecule has 3 rings (SSSR count). The predicted molar refractivity (Wildman–Crippen MR) is 87.5 cm³/mol. The third-order valence-electron chi connectivity index (χ3n) is 4.58. The highest BCUT2D eigenvalue weighted by molar-refractivity contribution is 5.77. The van der Waals surface area contributed by atoms with Crippen molar-refractivity contribution in [2.24, 2.45) is 0 Å². The van der Waals surface area contributed by atoms with Crippen molar-refractivity contribution in [1.29, 1.82) is 0 Å². The minimum Gasteiger partial charge on any atom is -0.459 e. The summed E-state index contributed by atoms with van der Waals surface area (Å²) in [6.45, 7) is 7.93. The fourth-order valence-electron chi connectivity index (χ4n) is 3.44. The van der Waals surface area contributed by atoms with E-state index in [1.807, 2.05) is 6.07 Å². The Hall–Kier alpha value is -1.32. The maximum absolute atomic E-state index is 6.09. The predicted octanol–water partition coefficient (Wildman–Crippen LogP) is 3.96. The molecule has 0 aliphatic carbocycles. The molecular weight excluding hydrogens is 260 g/mol. The van der Waals surface area contributed by atoms with Gasteiger partial charge < -0.3 is 9.73 Å². The Kier molecular flexibility index (Phi) is 4.61. The molecule has 1 fully saturated rings. The summed E-state index contributed by atoms with van der Waals surface area (Å²) in [5.41, 5.74) is 0.998. The first-order chi connectivity index (χ1) is 10.3. The van der Waals surface area contributed by atoms with E-state index >= 15 is 0 Å². The van der Waals surface area contributed by atoms with Gasteiger partial charge in [0.05, 0.1) is 6.04 Å². The van der Waals surface area contributed by atoms with Crippen molar-refractivity contribution < 1.29 is 4.42 Å². The molecule has 0 spiro atoms. The maximum atomic E-state index is 6.09. The van der Waals surface area contributed by atoms with Crippen LogP contribution in [0.4, 0.5) is 0 Å². The number of hydrogen-bond donors (Lipinski definition) is 1. The lowest BCUT2D eigenvalue weighted by molar-refractivity contribution is 0.109. The monoisotopic (exact) mass is 286 g/mol. The van der Waals surface area contributed by atoms with Crippen LogP contribution in [0.1, 0.15) is 44.9 Å². The molecule has 0 radical (unpaired) electrons. The molecule has 1 saturated heterocycles. The van der Waals surface area contributed by atoms with Crippen LogP contribution in [-0.4, -0.2) is 30.6 Å². The summed E-state index contributed by atoms with van der Waals surface area (Å²) >= 11 is 0. The molecular formula is C18H26N2O.